The molecule has 0 fully saturated rings. The third-order valence-corrected chi connectivity index (χ3v) is 12.4. The summed E-state index contributed by atoms with van der Waals surface area (Å²) in [7, 11) is 3.15. The lowest BCUT2D eigenvalue weighted by atomic mass is 9.76. The molecule has 10 nitrogen and oxygen atoms in total. The van der Waals surface area contributed by atoms with Gasteiger partial charge in [-0.3, -0.25) is 10.1 Å². The van der Waals surface area contributed by atoms with Gasteiger partial charge in [-0.15, -0.1) is 0 Å². The smallest absolute Gasteiger partial charge is 0.274 e. The van der Waals surface area contributed by atoms with Crippen molar-refractivity contribution in [3.05, 3.63) is 153 Å². The number of ether oxygens (including phenoxy) is 4. The lowest BCUT2D eigenvalue weighted by Crippen LogP contribution is -2.59. The molecular formula is C46H44N4O6. The first-order valence-corrected chi connectivity index (χ1v) is 18.8. The SMILES string of the molecule is COc1cc(N)cc2c1OC1(C=C2)N(Cc2ccc(CN3c4ccccc4C(C)(C)C34C=Cc3cc([N+](=O)[O-])cc(OC)c3O4)cc2)c2ccccc2C1(C)C. The van der Waals surface area contributed by atoms with Crippen molar-refractivity contribution in [2.45, 2.75) is 63.1 Å². The molecule has 4 aliphatic rings. The molecule has 4 heterocycles. The highest BCUT2D eigenvalue weighted by molar-refractivity contribution is 5.77. The maximum Gasteiger partial charge on any atom is 0.274 e. The normalized spacial score (nSPS) is 21.5. The van der Waals surface area contributed by atoms with Crippen LogP contribution in [0.15, 0.2) is 109 Å². The molecule has 0 bridgehead atoms. The van der Waals surface area contributed by atoms with Crippen LogP contribution in [-0.4, -0.2) is 30.6 Å². The Kier molecular flexibility index (Phi) is 7.75. The minimum atomic E-state index is -0.949. The number of para-hydroxylation sites is 2. The summed E-state index contributed by atoms with van der Waals surface area (Å²) in [6.07, 6.45) is 8.23. The van der Waals surface area contributed by atoms with E-state index < -0.39 is 27.2 Å². The largest absolute Gasteiger partial charge is 0.493 e. The van der Waals surface area contributed by atoms with Gasteiger partial charge >= 0.3 is 0 Å². The molecule has 9 rings (SSSR count). The molecule has 0 aromatic heterocycles. The molecule has 0 saturated heterocycles. The van der Waals surface area contributed by atoms with E-state index in [2.05, 4.69) is 116 Å². The van der Waals surface area contributed by atoms with Gasteiger partial charge in [0, 0.05) is 53.4 Å². The first-order chi connectivity index (χ1) is 26.8. The van der Waals surface area contributed by atoms with Crippen LogP contribution in [0.1, 0.15) is 61.1 Å². The molecule has 5 aromatic rings. The zero-order valence-corrected chi connectivity index (χ0v) is 32.3. The number of rotatable bonds is 7. The number of nitrogen functional groups attached to an aromatic ring is 1. The third-order valence-electron chi connectivity index (χ3n) is 12.4. The number of hydrogen-bond acceptors (Lipinski definition) is 9. The Morgan fingerprint density at radius 3 is 1.57 bits per heavy atom. The number of nitrogens with zero attached hydrogens (tertiary/aromatic N) is 3. The molecule has 2 spiro atoms. The lowest BCUT2D eigenvalue weighted by Gasteiger charge is -2.47. The second-order valence-electron chi connectivity index (χ2n) is 16.0. The van der Waals surface area contributed by atoms with Gasteiger partial charge in [0.05, 0.1) is 36.0 Å². The van der Waals surface area contributed by atoms with E-state index in [1.54, 1.807) is 7.11 Å². The maximum atomic E-state index is 11.7. The number of nitrogens with two attached hydrogens (primary N) is 1. The zero-order chi connectivity index (χ0) is 39.2. The van der Waals surface area contributed by atoms with Crippen LogP contribution in [0.4, 0.5) is 22.7 Å². The average Bonchev–Trinajstić information content (AvgIpc) is 3.48. The first kappa shape index (κ1) is 35.3. The van der Waals surface area contributed by atoms with Crippen molar-refractivity contribution in [2.75, 3.05) is 29.8 Å². The first-order valence-electron chi connectivity index (χ1n) is 18.8. The Hall–Kier alpha value is -6.42. The van der Waals surface area contributed by atoms with Gasteiger partial charge in [0.25, 0.3) is 5.69 Å². The Morgan fingerprint density at radius 2 is 1.11 bits per heavy atom. The van der Waals surface area contributed by atoms with E-state index in [9.17, 15) is 10.1 Å². The second-order valence-corrected chi connectivity index (χ2v) is 16.0. The second kappa shape index (κ2) is 12.3. The molecule has 0 radical (unpaired) electrons. The number of methoxy groups -OCH3 is 2. The number of hydrogen-bond donors (Lipinski definition) is 1. The Labute approximate surface area is 326 Å². The molecule has 0 amide bonds. The lowest BCUT2D eigenvalue weighted by molar-refractivity contribution is -0.385. The molecular weight excluding hydrogens is 705 g/mol. The van der Waals surface area contributed by atoms with E-state index in [0.29, 0.717) is 47.3 Å². The summed E-state index contributed by atoms with van der Waals surface area (Å²) in [6.45, 7) is 9.96. The van der Waals surface area contributed by atoms with Crippen LogP contribution in [0.5, 0.6) is 23.0 Å². The van der Waals surface area contributed by atoms with Crippen molar-refractivity contribution in [3.63, 3.8) is 0 Å². The fourth-order valence-electron chi connectivity index (χ4n) is 9.29. The Morgan fingerprint density at radius 1 is 0.661 bits per heavy atom. The van der Waals surface area contributed by atoms with Gasteiger partial charge in [0.2, 0.25) is 11.4 Å². The summed E-state index contributed by atoms with van der Waals surface area (Å²) in [4.78, 5) is 16.0. The van der Waals surface area contributed by atoms with E-state index in [0.717, 1.165) is 33.6 Å². The summed E-state index contributed by atoms with van der Waals surface area (Å²) in [6, 6.07) is 32.3. The van der Waals surface area contributed by atoms with Crippen LogP contribution in [0, 0.1) is 10.1 Å². The van der Waals surface area contributed by atoms with Crippen LogP contribution < -0.4 is 34.5 Å². The third kappa shape index (κ3) is 4.87. The molecule has 0 aliphatic carbocycles. The highest BCUT2D eigenvalue weighted by atomic mass is 16.6. The fourth-order valence-corrected chi connectivity index (χ4v) is 9.29. The molecule has 5 aromatic carbocycles. The van der Waals surface area contributed by atoms with Crippen LogP contribution in [0.25, 0.3) is 12.2 Å². The predicted molar refractivity (Wildman–Crippen MR) is 220 cm³/mol. The van der Waals surface area contributed by atoms with E-state index in [1.807, 2.05) is 30.4 Å². The van der Waals surface area contributed by atoms with Crippen molar-refractivity contribution in [1.29, 1.82) is 0 Å². The van der Waals surface area contributed by atoms with Crippen molar-refractivity contribution >= 4 is 34.9 Å². The molecule has 56 heavy (non-hydrogen) atoms. The molecule has 2 unspecified atom stereocenters. The topological polar surface area (TPSA) is 113 Å². The van der Waals surface area contributed by atoms with Gasteiger partial charge in [-0.05, 0) is 92.5 Å². The number of nitro groups is 1. The van der Waals surface area contributed by atoms with Crippen LogP contribution in [0.2, 0.25) is 0 Å². The van der Waals surface area contributed by atoms with Gasteiger partial charge in [0.15, 0.2) is 23.0 Å². The van der Waals surface area contributed by atoms with Crippen molar-refractivity contribution in [1.82, 2.24) is 0 Å². The van der Waals surface area contributed by atoms with E-state index in [4.69, 9.17) is 24.7 Å². The van der Waals surface area contributed by atoms with Crippen LogP contribution in [0.3, 0.4) is 0 Å². The molecule has 4 aliphatic heterocycles. The molecule has 0 saturated carbocycles. The molecule has 284 valence electrons. The Balaban J connectivity index is 1.06. The van der Waals surface area contributed by atoms with Gasteiger partial charge in [-0.25, -0.2) is 0 Å². The zero-order valence-electron chi connectivity index (χ0n) is 32.3. The fraction of sp³-hybridized carbons (Fsp3) is 0.261. The van der Waals surface area contributed by atoms with E-state index in [-0.39, 0.29) is 5.69 Å². The standard InChI is InChI=1S/C46H44N4O6/c1-43(2)35-11-7-9-13-37(35)48(45(43)21-19-31-23-33(47)25-39(53-5)41(31)55-45)27-29-15-17-30(18-16-29)28-49-38-14-10-8-12-36(38)44(3,4)46(49)22-20-32-24-34(50(51)52)26-40(54-6)42(32)56-46/h7-26H,27-28,47H2,1-6H3. The minimum absolute atomic E-state index is 0.0524. The van der Waals surface area contributed by atoms with Gasteiger partial charge in [-0.1, -0.05) is 60.7 Å². The van der Waals surface area contributed by atoms with E-state index in [1.165, 1.54) is 24.8 Å². The summed E-state index contributed by atoms with van der Waals surface area (Å²) < 4.78 is 25.6. The Bertz CT molecular complexity index is 2490. The summed E-state index contributed by atoms with van der Waals surface area (Å²) >= 11 is 0. The van der Waals surface area contributed by atoms with Gasteiger partial charge in [0.1, 0.15) is 0 Å². The summed E-state index contributed by atoms with van der Waals surface area (Å²) in [5.41, 5.74) is 12.3. The molecule has 2 atom stereocenters. The minimum Gasteiger partial charge on any atom is -0.493 e. The number of fused-ring (bicyclic) bond motifs is 4. The van der Waals surface area contributed by atoms with Crippen LogP contribution in [-0.2, 0) is 23.9 Å². The van der Waals surface area contributed by atoms with Crippen molar-refractivity contribution < 1.29 is 23.9 Å². The number of benzene rings is 5. The van der Waals surface area contributed by atoms with Gasteiger partial charge in [-0.2, -0.15) is 0 Å². The summed E-state index contributed by atoms with van der Waals surface area (Å²) in [5.74, 6) is 2.07. The number of non-ortho nitro benzene ring substituents is 1. The maximum absolute atomic E-state index is 11.7. The van der Waals surface area contributed by atoms with Crippen molar-refractivity contribution in [3.8, 4) is 23.0 Å². The number of nitro benzene ring substituents is 1. The van der Waals surface area contributed by atoms with Crippen molar-refractivity contribution in [2.24, 2.45) is 0 Å². The predicted octanol–water partition coefficient (Wildman–Crippen LogP) is 9.39. The average molecular weight is 749 g/mol. The molecule has 10 heteroatoms. The number of anilines is 3. The monoisotopic (exact) mass is 748 g/mol. The molecule has 2 N–H and O–H groups in total. The van der Waals surface area contributed by atoms with E-state index >= 15 is 0 Å². The van der Waals surface area contributed by atoms with Crippen LogP contribution >= 0.6 is 0 Å². The van der Waals surface area contributed by atoms with Gasteiger partial charge < -0.3 is 34.5 Å². The highest BCUT2D eigenvalue weighted by Gasteiger charge is 2.60. The quantitative estimate of drug-likeness (QED) is 0.0989. The summed E-state index contributed by atoms with van der Waals surface area (Å²) in [5, 5.41) is 11.7. The highest BCUT2D eigenvalue weighted by Crippen LogP contribution is 2.58.